The minimum atomic E-state index is -0.0819. The summed E-state index contributed by atoms with van der Waals surface area (Å²) in [6.07, 6.45) is 2.37. The standard InChI is InChI=1S/C10H18N4O/c1-7(4-5-11)13-10(15)9-6-12-14(3)8(9)2/h6-7H,4-5,11H2,1-3H3,(H,13,15). The molecular weight excluding hydrogens is 192 g/mol. The molecule has 0 aliphatic carbocycles. The second-order valence-corrected chi connectivity index (χ2v) is 3.72. The van der Waals surface area contributed by atoms with Crippen LogP contribution < -0.4 is 11.1 Å². The van der Waals surface area contributed by atoms with Gasteiger partial charge in [0, 0.05) is 18.8 Å². The lowest BCUT2D eigenvalue weighted by Crippen LogP contribution is -2.34. The van der Waals surface area contributed by atoms with E-state index < -0.39 is 0 Å². The number of nitrogens with two attached hydrogens (primary N) is 1. The molecule has 1 atom stereocenters. The van der Waals surface area contributed by atoms with E-state index in [0.717, 1.165) is 12.1 Å². The Morgan fingerprint density at radius 1 is 1.73 bits per heavy atom. The van der Waals surface area contributed by atoms with Crippen molar-refractivity contribution >= 4 is 5.91 Å². The van der Waals surface area contributed by atoms with Crippen LogP contribution in [0.2, 0.25) is 0 Å². The molecule has 15 heavy (non-hydrogen) atoms. The third-order valence-corrected chi connectivity index (χ3v) is 2.46. The molecule has 0 aliphatic rings. The third-order valence-electron chi connectivity index (χ3n) is 2.46. The Labute approximate surface area is 89.6 Å². The molecule has 1 aromatic heterocycles. The number of carbonyl (C=O) groups is 1. The Kier molecular flexibility index (Phi) is 3.85. The van der Waals surface area contributed by atoms with Crippen molar-refractivity contribution in [1.82, 2.24) is 15.1 Å². The molecule has 1 rings (SSSR count). The largest absolute Gasteiger partial charge is 0.349 e. The van der Waals surface area contributed by atoms with Crippen LogP contribution in [0.4, 0.5) is 0 Å². The second kappa shape index (κ2) is 4.93. The molecule has 1 heterocycles. The van der Waals surface area contributed by atoms with Gasteiger partial charge in [0.05, 0.1) is 11.8 Å². The van der Waals surface area contributed by atoms with Crippen molar-refractivity contribution in [3.8, 4) is 0 Å². The smallest absolute Gasteiger partial charge is 0.254 e. The van der Waals surface area contributed by atoms with E-state index in [9.17, 15) is 4.79 Å². The maximum Gasteiger partial charge on any atom is 0.254 e. The van der Waals surface area contributed by atoms with E-state index in [1.165, 1.54) is 0 Å². The van der Waals surface area contributed by atoms with Crippen LogP contribution in [0.3, 0.4) is 0 Å². The van der Waals surface area contributed by atoms with Crippen molar-refractivity contribution in [2.45, 2.75) is 26.3 Å². The van der Waals surface area contributed by atoms with Crippen LogP contribution in [-0.4, -0.2) is 28.3 Å². The average molecular weight is 210 g/mol. The van der Waals surface area contributed by atoms with E-state index >= 15 is 0 Å². The molecular formula is C10H18N4O. The van der Waals surface area contributed by atoms with Crippen LogP contribution in [0, 0.1) is 6.92 Å². The zero-order valence-corrected chi connectivity index (χ0v) is 9.45. The van der Waals surface area contributed by atoms with Crippen LogP contribution >= 0.6 is 0 Å². The van der Waals surface area contributed by atoms with Gasteiger partial charge in [-0.15, -0.1) is 0 Å². The molecule has 1 aromatic rings. The lowest BCUT2D eigenvalue weighted by atomic mass is 10.2. The van der Waals surface area contributed by atoms with Crippen molar-refractivity contribution < 1.29 is 4.79 Å². The molecule has 1 amide bonds. The zero-order valence-electron chi connectivity index (χ0n) is 9.45. The molecule has 0 aromatic carbocycles. The quantitative estimate of drug-likeness (QED) is 0.745. The van der Waals surface area contributed by atoms with Gasteiger partial charge in [0.2, 0.25) is 0 Å². The highest BCUT2D eigenvalue weighted by molar-refractivity contribution is 5.95. The SMILES string of the molecule is Cc1c(C(=O)NC(C)CCN)cnn1C. The van der Waals surface area contributed by atoms with Gasteiger partial charge in [0.1, 0.15) is 0 Å². The predicted molar refractivity (Wildman–Crippen MR) is 58.5 cm³/mol. The Hall–Kier alpha value is -1.36. The van der Waals surface area contributed by atoms with E-state index in [0.29, 0.717) is 12.1 Å². The van der Waals surface area contributed by atoms with Gasteiger partial charge in [-0.1, -0.05) is 0 Å². The molecule has 0 fully saturated rings. The van der Waals surface area contributed by atoms with Gasteiger partial charge in [0.15, 0.2) is 0 Å². The molecule has 0 saturated heterocycles. The van der Waals surface area contributed by atoms with E-state index in [2.05, 4.69) is 10.4 Å². The second-order valence-electron chi connectivity index (χ2n) is 3.72. The van der Waals surface area contributed by atoms with Gasteiger partial charge in [-0.2, -0.15) is 5.10 Å². The van der Waals surface area contributed by atoms with E-state index in [1.807, 2.05) is 20.9 Å². The van der Waals surface area contributed by atoms with Crippen LogP contribution in [0.5, 0.6) is 0 Å². The number of rotatable bonds is 4. The van der Waals surface area contributed by atoms with Crippen LogP contribution in [-0.2, 0) is 7.05 Å². The van der Waals surface area contributed by atoms with Gasteiger partial charge in [0.25, 0.3) is 5.91 Å². The summed E-state index contributed by atoms with van der Waals surface area (Å²) in [6.45, 7) is 4.39. The number of aryl methyl sites for hydroxylation is 1. The van der Waals surface area contributed by atoms with Crippen molar-refractivity contribution in [3.63, 3.8) is 0 Å². The van der Waals surface area contributed by atoms with Crippen molar-refractivity contribution in [2.24, 2.45) is 12.8 Å². The fraction of sp³-hybridized carbons (Fsp3) is 0.600. The van der Waals surface area contributed by atoms with Gasteiger partial charge in [-0.3, -0.25) is 9.48 Å². The highest BCUT2D eigenvalue weighted by Crippen LogP contribution is 2.05. The molecule has 0 radical (unpaired) electrons. The third kappa shape index (κ3) is 2.79. The van der Waals surface area contributed by atoms with Crippen LogP contribution in [0.1, 0.15) is 29.4 Å². The van der Waals surface area contributed by atoms with Crippen molar-refractivity contribution in [2.75, 3.05) is 6.54 Å². The molecule has 0 spiro atoms. The highest BCUT2D eigenvalue weighted by Gasteiger charge is 2.14. The number of aromatic nitrogens is 2. The summed E-state index contributed by atoms with van der Waals surface area (Å²) >= 11 is 0. The van der Waals surface area contributed by atoms with Gasteiger partial charge >= 0.3 is 0 Å². The highest BCUT2D eigenvalue weighted by atomic mass is 16.1. The summed E-state index contributed by atoms with van der Waals surface area (Å²) in [5.74, 6) is -0.0819. The Bertz CT molecular complexity index is 345. The number of nitrogens with one attached hydrogen (secondary N) is 1. The maximum atomic E-state index is 11.8. The Morgan fingerprint density at radius 3 is 2.87 bits per heavy atom. The number of amides is 1. The van der Waals surface area contributed by atoms with Crippen molar-refractivity contribution in [1.29, 1.82) is 0 Å². The monoisotopic (exact) mass is 210 g/mol. The number of nitrogens with zero attached hydrogens (tertiary/aromatic N) is 2. The lowest BCUT2D eigenvalue weighted by Gasteiger charge is -2.12. The van der Waals surface area contributed by atoms with Crippen LogP contribution in [0.15, 0.2) is 6.20 Å². The summed E-state index contributed by atoms with van der Waals surface area (Å²) in [5, 5.41) is 6.90. The first-order chi connectivity index (χ1) is 7.06. The minimum absolute atomic E-state index is 0.0819. The fourth-order valence-electron chi connectivity index (χ4n) is 1.35. The first kappa shape index (κ1) is 11.7. The summed E-state index contributed by atoms with van der Waals surface area (Å²) in [7, 11) is 1.81. The molecule has 0 aliphatic heterocycles. The molecule has 0 saturated carbocycles. The topological polar surface area (TPSA) is 72.9 Å². The zero-order chi connectivity index (χ0) is 11.4. The summed E-state index contributed by atoms with van der Waals surface area (Å²) in [5.41, 5.74) is 6.90. The molecule has 84 valence electrons. The molecule has 5 heteroatoms. The van der Waals surface area contributed by atoms with E-state index in [1.54, 1.807) is 10.9 Å². The van der Waals surface area contributed by atoms with Gasteiger partial charge in [-0.25, -0.2) is 0 Å². The Morgan fingerprint density at radius 2 is 2.40 bits per heavy atom. The fourth-order valence-corrected chi connectivity index (χ4v) is 1.35. The average Bonchev–Trinajstić information content (AvgIpc) is 2.48. The summed E-state index contributed by atoms with van der Waals surface area (Å²) < 4.78 is 1.68. The molecule has 5 nitrogen and oxygen atoms in total. The number of carbonyl (C=O) groups excluding carboxylic acids is 1. The minimum Gasteiger partial charge on any atom is -0.349 e. The van der Waals surface area contributed by atoms with E-state index in [-0.39, 0.29) is 11.9 Å². The maximum absolute atomic E-state index is 11.8. The summed E-state index contributed by atoms with van der Waals surface area (Å²) in [4.78, 5) is 11.8. The Balaban J connectivity index is 2.65. The summed E-state index contributed by atoms with van der Waals surface area (Å²) in [6, 6.07) is 0.0992. The van der Waals surface area contributed by atoms with Gasteiger partial charge < -0.3 is 11.1 Å². The predicted octanol–water partition coefficient (Wildman–Crippen LogP) is 0.196. The molecule has 3 N–H and O–H groups in total. The van der Waals surface area contributed by atoms with Gasteiger partial charge in [-0.05, 0) is 26.8 Å². The first-order valence-electron chi connectivity index (χ1n) is 5.05. The van der Waals surface area contributed by atoms with Crippen molar-refractivity contribution in [3.05, 3.63) is 17.5 Å². The van der Waals surface area contributed by atoms with Crippen LogP contribution in [0.25, 0.3) is 0 Å². The molecule has 0 bridgehead atoms. The first-order valence-corrected chi connectivity index (χ1v) is 5.05. The molecule has 1 unspecified atom stereocenters. The normalized spacial score (nSPS) is 12.5. The van der Waals surface area contributed by atoms with E-state index in [4.69, 9.17) is 5.73 Å². The number of hydrogen-bond acceptors (Lipinski definition) is 3. The number of hydrogen-bond donors (Lipinski definition) is 2. The lowest BCUT2D eigenvalue weighted by molar-refractivity contribution is 0.0938.